The Morgan fingerprint density at radius 1 is 1.39 bits per heavy atom. The summed E-state index contributed by atoms with van der Waals surface area (Å²) in [5, 5.41) is 3.59. The zero-order valence-corrected chi connectivity index (χ0v) is 13.0. The van der Waals surface area contributed by atoms with Gasteiger partial charge in [-0.05, 0) is 53.5 Å². The fourth-order valence-corrected chi connectivity index (χ4v) is 2.37. The summed E-state index contributed by atoms with van der Waals surface area (Å²) in [6.07, 6.45) is 4.08. The van der Waals surface area contributed by atoms with E-state index >= 15 is 0 Å². The first-order valence-electron chi connectivity index (χ1n) is 7.53. The van der Waals surface area contributed by atoms with Gasteiger partial charge in [-0.25, -0.2) is 0 Å². The summed E-state index contributed by atoms with van der Waals surface area (Å²) >= 11 is 0. The van der Waals surface area contributed by atoms with Gasteiger partial charge >= 0.3 is 0 Å². The molecule has 0 spiro atoms. The minimum absolute atomic E-state index is 0.210. The third kappa shape index (κ3) is 6.17. The third-order valence-electron chi connectivity index (χ3n) is 3.52. The fourth-order valence-electron chi connectivity index (χ4n) is 2.37. The molecule has 0 aromatic heterocycles. The molecule has 0 amide bonds. The summed E-state index contributed by atoms with van der Waals surface area (Å²) in [6.45, 7) is 15.5. The highest BCUT2D eigenvalue weighted by molar-refractivity contribution is 4.81. The second kappa shape index (κ2) is 7.46. The van der Waals surface area contributed by atoms with Gasteiger partial charge in [0.25, 0.3) is 0 Å². The van der Waals surface area contributed by atoms with Crippen LogP contribution < -0.4 is 5.32 Å². The second-order valence-corrected chi connectivity index (χ2v) is 6.61. The Morgan fingerprint density at radius 2 is 2.11 bits per heavy atom. The Morgan fingerprint density at radius 3 is 2.72 bits per heavy atom. The van der Waals surface area contributed by atoms with Crippen molar-refractivity contribution in [2.24, 2.45) is 0 Å². The molecule has 1 N–H and O–H groups in total. The summed E-state index contributed by atoms with van der Waals surface area (Å²) in [5.74, 6) is 0. The van der Waals surface area contributed by atoms with Crippen LogP contribution in [0.15, 0.2) is 0 Å². The number of ether oxygens (including phenoxy) is 1. The number of likely N-dealkylation sites (tertiary alicyclic amines) is 1. The zero-order chi connectivity index (χ0) is 13.6. The van der Waals surface area contributed by atoms with Crippen LogP contribution >= 0.6 is 0 Å². The van der Waals surface area contributed by atoms with E-state index in [0.29, 0.717) is 12.1 Å². The van der Waals surface area contributed by atoms with E-state index < -0.39 is 0 Å². The largest absolute Gasteiger partial charge is 0.377 e. The van der Waals surface area contributed by atoms with Crippen LogP contribution in [0.25, 0.3) is 0 Å². The van der Waals surface area contributed by atoms with Gasteiger partial charge in [0, 0.05) is 31.3 Å². The summed E-state index contributed by atoms with van der Waals surface area (Å²) < 4.78 is 5.90. The van der Waals surface area contributed by atoms with Gasteiger partial charge in [-0.15, -0.1) is 0 Å². The Kier molecular flexibility index (Phi) is 6.61. The van der Waals surface area contributed by atoms with E-state index in [0.717, 1.165) is 26.1 Å². The maximum atomic E-state index is 5.90. The molecule has 3 heteroatoms. The molecule has 2 atom stereocenters. The minimum atomic E-state index is 0.210. The highest BCUT2D eigenvalue weighted by Gasteiger charge is 2.24. The molecule has 108 valence electrons. The minimum Gasteiger partial charge on any atom is -0.377 e. The molecular weight excluding hydrogens is 224 g/mol. The van der Waals surface area contributed by atoms with Crippen molar-refractivity contribution in [2.45, 2.75) is 71.6 Å². The molecule has 0 aromatic carbocycles. The zero-order valence-electron chi connectivity index (χ0n) is 13.0. The summed E-state index contributed by atoms with van der Waals surface area (Å²) in [6, 6.07) is 0.595. The predicted molar refractivity (Wildman–Crippen MR) is 78.1 cm³/mol. The van der Waals surface area contributed by atoms with Crippen LogP contribution in [0.2, 0.25) is 0 Å². The van der Waals surface area contributed by atoms with E-state index in [-0.39, 0.29) is 5.54 Å². The summed E-state index contributed by atoms with van der Waals surface area (Å²) in [7, 11) is 0. The molecule has 18 heavy (non-hydrogen) atoms. The molecule has 1 aliphatic heterocycles. The first-order valence-corrected chi connectivity index (χ1v) is 7.53. The van der Waals surface area contributed by atoms with E-state index in [9.17, 15) is 0 Å². The van der Waals surface area contributed by atoms with Crippen LogP contribution in [0.3, 0.4) is 0 Å². The third-order valence-corrected chi connectivity index (χ3v) is 3.52. The topological polar surface area (TPSA) is 24.5 Å². The molecule has 1 aliphatic rings. The number of piperidine rings is 1. The Balaban J connectivity index is 2.31. The average Bonchev–Trinajstić information content (AvgIpc) is 2.33. The van der Waals surface area contributed by atoms with Crippen molar-refractivity contribution < 1.29 is 4.74 Å². The molecule has 3 nitrogen and oxygen atoms in total. The predicted octanol–water partition coefficient (Wildman–Crippen LogP) is 2.65. The van der Waals surface area contributed by atoms with Gasteiger partial charge in [-0.1, -0.05) is 6.92 Å². The van der Waals surface area contributed by atoms with Crippen molar-refractivity contribution in [3.63, 3.8) is 0 Å². The van der Waals surface area contributed by atoms with Crippen molar-refractivity contribution >= 4 is 0 Å². The number of nitrogens with one attached hydrogen (secondary N) is 1. The van der Waals surface area contributed by atoms with Gasteiger partial charge in [-0.3, -0.25) is 4.90 Å². The van der Waals surface area contributed by atoms with E-state index in [1.807, 2.05) is 0 Å². The number of hydrogen-bond donors (Lipinski definition) is 1. The molecule has 0 aliphatic carbocycles. The van der Waals surface area contributed by atoms with Gasteiger partial charge in [-0.2, -0.15) is 0 Å². The first kappa shape index (κ1) is 15.9. The fraction of sp³-hybridized carbons (Fsp3) is 1.00. The average molecular weight is 256 g/mol. The van der Waals surface area contributed by atoms with Crippen LogP contribution in [0.4, 0.5) is 0 Å². The first-order chi connectivity index (χ1) is 8.42. The van der Waals surface area contributed by atoms with Crippen LogP contribution in [0.1, 0.15) is 53.9 Å². The molecule has 0 saturated carbocycles. The lowest BCUT2D eigenvalue weighted by molar-refractivity contribution is -0.0107. The molecule has 2 unspecified atom stereocenters. The van der Waals surface area contributed by atoms with Gasteiger partial charge in [0.05, 0.1) is 6.10 Å². The Hall–Kier alpha value is -0.120. The molecule has 0 radical (unpaired) electrons. The van der Waals surface area contributed by atoms with Crippen LogP contribution in [-0.2, 0) is 4.74 Å². The molecule has 1 heterocycles. The van der Waals surface area contributed by atoms with E-state index in [1.165, 1.54) is 19.4 Å². The molecule has 0 aromatic rings. The Bertz CT molecular complexity index is 225. The maximum absolute atomic E-state index is 5.90. The lowest BCUT2D eigenvalue weighted by Gasteiger charge is -2.37. The molecule has 0 bridgehead atoms. The molecule has 1 fully saturated rings. The van der Waals surface area contributed by atoms with Gasteiger partial charge in [0.2, 0.25) is 0 Å². The lowest BCUT2D eigenvalue weighted by Crippen LogP contribution is -2.50. The van der Waals surface area contributed by atoms with E-state index in [4.69, 9.17) is 4.74 Å². The van der Waals surface area contributed by atoms with Crippen LogP contribution in [0.5, 0.6) is 0 Å². The molecular formula is C15H32N2O. The quantitative estimate of drug-likeness (QED) is 0.791. The van der Waals surface area contributed by atoms with Crippen molar-refractivity contribution in [3.8, 4) is 0 Å². The van der Waals surface area contributed by atoms with Crippen molar-refractivity contribution in [1.82, 2.24) is 10.2 Å². The molecule has 1 rings (SSSR count). The monoisotopic (exact) mass is 256 g/mol. The lowest BCUT2D eigenvalue weighted by atomic mass is 10.0. The van der Waals surface area contributed by atoms with Crippen molar-refractivity contribution in [3.05, 3.63) is 0 Å². The van der Waals surface area contributed by atoms with Crippen molar-refractivity contribution in [2.75, 3.05) is 26.2 Å². The Labute approximate surface area is 113 Å². The maximum Gasteiger partial charge on any atom is 0.0702 e. The number of rotatable bonds is 6. The van der Waals surface area contributed by atoms with E-state index in [2.05, 4.69) is 44.8 Å². The van der Waals surface area contributed by atoms with Gasteiger partial charge in [0.1, 0.15) is 0 Å². The van der Waals surface area contributed by atoms with Gasteiger partial charge in [0.15, 0.2) is 0 Å². The normalized spacial score (nSPS) is 24.2. The molecule has 1 saturated heterocycles. The second-order valence-electron chi connectivity index (χ2n) is 6.61. The van der Waals surface area contributed by atoms with Crippen LogP contribution in [-0.4, -0.2) is 48.8 Å². The number of nitrogens with zero attached hydrogens (tertiary/aromatic N) is 1. The van der Waals surface area contributed by atoms with Crippen molar-refractivity contribution in [1.29, 1.82) is 0 Å². The summed E-state index contributed by atoms with van der Waals surface area (Å²) in [5.41, 5.74) is 0.210. The highest BCUT2D eigenvalue weighted by atomic mass is 16.5. The summed E-state index contributed by atoms with van der Waals surface area (Å²) in [4.78, 5) is 2.57. The van der Waals surface area contributed by atoms with Gasteiger partial charge < -0.3 is 10.1 Å². The van der Waals surface area contributed by atoms with E-state index in [1.54, 1.807) is 0 Å². The highest BCUT2D eigenvalue weighted by Crippen LogP contribution is 2.16. The standard InChI is InChI=1S/C15H32N2O/c1-6-10-18-14-8-7-9-17(12-14)13(2)11-16-15(3,4)5/h13-14,16H,6-12H2,1-5H3. The smallest absolute Gasteiger partial charge is 0.0702 e. The number of hydrogen-bond acceptors (Lipinski definition) is 3. The SMILES string of the molecule is CCCOC1CCCN(C(C)CNC(C)(C)C)C1. The van der Waals surface area contributed by atoms with Crippen LogP contribution in [0, 0.1) is 0 Å².